The molecule has 0 amide bonds. The van der Waals surface area contributed by atoms with E-state index in [4.69, 9.17) is 5.11 Å². The monoisotopic (exact) mass is 113 g/mol. The molecule has 1 radical (unpaired) electrons. The van der Waals surface area contributed by atoms with Crippen molar-refractivity contribution < 1.29 is 11.3 Å². The second-order valence-corrected chi connectivity index (χ2v) is 1.49. The van der Waals surface area contributed by atoms with Gasteiger partial charge in [-0.15, -0.1) is 0 Å². The van der Waals surface area contributed by atoms with Gasteiger partial charge in [-0.25, -0.2) is 0 Å². The molecule has 7 heavy (non-hydrogen) atoms. The maximum absolute atomic E-state index is 9.70. The van der Waals surface area contributed by atoms with Gasteiger partial charge in [-0.2, -0.15) is 0 Å². The first-order valence-corrected chi connectivity index (χ1v) is 1.87. The number of carboxylic acids is 1. The summed E-state index contributed by atoms with van der Waals surface area (Å²) in [5.74, 6) is -0.972. The first-order chi connectivity index (χ1) is 2.64. The summed E-state index contributed by atoms with van der Waals surface area (Å²) in [6.07, 6.45) is 0. The van der Waals surface area contributed by atoms with Gasteiger partial charge < -0.3 is 5.11 Å². The Kier molecular flexibility index (Phi) is 6.90. The quantitative estimate of drug-likeness (QED) is 0.505. The Hall–Kier alpha value is 0.470. The molecule has 0 heterocycles. The van der Waals surface area contributed by atoms with Crippen molar-refractivity contribution in [3.8, 4) is 0 Å². The first kappa shape index (κ1) is 10.5. The van der Waals surface area contributed by atoms with Crippen LogP contribution in [-0.4, -0.2) is 40.6 Å². The van der Waals surface area contributed by atoms with Gasteiger partial charge in [0.25, 0.3) is 0 Å². The maximum atomic E-state index is 9.70. The fourth-order valence-electron chi connectivity index (χ4n) is 0. The van der Waals surface area contributed by atoms with Crippen molar-refractivity contribution in [1.29, 1.82) is 0 Å². The van der Waals surface area contributed by atoms with Gasteiger partial charge in [0.2, 0.25) is 0 Å². The molecule has 0 bridgehead atoms. The molecule has 39 valence electrons. The Morgan fingerprint density at radius 3 is 1.86 bits per heavy atom. The van der Waals surface area contributed by atoms with Gasteiger partial charge in [0.15, 0.2) is 0 Å². The van der Waals surface area contributed by atoms with Crippen LogP contribution in [0.4, 0.5) is 0 Å². The van der Waals surface area contributed by atoms with E-state index in [9.17, 15) is 4.79 Å². The molecular weight excluding hydrogens is 103 g/mol. The molecule has 0 aromatic heterocycles. The van der Waals surface area contributed by atoms with E-state index in [0.717, 1.165) is 0 Å². The molecule has 1 N–H and O–H groups in total. The third kappa shape index (κ3) is 6.47. The van der Waals surface area contributed by atoms with Crippen LogP contribution in [0.2, 0.25) is 0 Å². The number of hydrogen-bond donors (Lipinski definition) is 1. The topological polar surface area (TPSA) is 37.3 Å². The van der Waals surface area contributed by atoms with Gasteiger partial charge in [0, 0.05) is 31.0 Å². The summed E-state index contributed by atoms with van der Waals surface area (Å²) in [5, 5.41) is 7.99. The largest absolute Gasteiger partial charge is 0.481 e. The molecule has 0 atom stereocenters. The van der Waals surface area contributed by atoms with Crippen LogP contribution in [0.15, 0.2) is 0 Å². The van der Waals surface area contributed by atoms with Gasteiger partial charge in [-0.3, -0.25) is 4.79 Å². The molecule has 0 unspecified atom stereocenters. The SMILES string of the molecule is CC(C)C(=O)O.[HH].[Na]. The summed E-state index contributed by atoms with van der Waals surface area (Å²) in [5.41, 5.74) is 0. The summed E-state index contributed by atoms with van der Waals surface area (Å²) in [6.45, 7) is 3.28. The van der Waals surface area contributed by atoms with Crippen molar-refractivity contribution in [1.82, 2.24) is 0 Å². The zero-order chi connectivity index (χ0) is 5.15. The molecule has 0 rings (SSSR count). The second kappa shape index (κ2) is 4.62. The van der Waals surface area contributed by atoms with E-state index in [1.807, 2.05) is 0 Å². The molecule has 0 aliphatic carbocycles. The number of aliphatic carboxylic acids is 1. The van der Waals surface area contributed by atoms with E-state index < -0.39 is 5.97 Å². The van der Waals surface area contributed by atoms with Crippen LogP contribution in [-0.2, 0) is 4.79 Å². The van der Waals surface area contributed by atoms with Gasteiger partial charge in [0.1, 0.15) is 0 Å². The maximum Gasteiger partial charge on any atom is 0.305 e. The molecule has 0 aromatic rings. The van der Waals surface area contributed by atoms with E-state index in [1.165, 1.54) is 0 Å². The van der Waals surface area contributed by atoms with Crippen molar-refractivity contribution in [2.75, 3.05) is 0 Å². The van der Waals surface area contributed by atoms with Crippen molar-refractivity contribution in [2.45, 2.75) is 13.8 Å². The molecule has 0 saturated carbocycles. The third-order valence-corrected chi connectivity index (χ3v) is 0.494. The molecule has 0 aliphatic rings. The minimum absolute atomic E-state index is 0. The number of carbonyl (C=O) groups is 1. The second-order valence-electron chi connectivity index (χ2n) is 1.49. The Bertz CT molecular complexity index is 65.1. The van der Waals surface area contributed by atoms with Crippen molar-refractivity contribution in [3.63, 3.8) is 0 Å². The average molecular weight is 113 g/mol. The zero-order valence-electron chi connectivity index (χ0n) is 4.93. The fourth-order valence-corrected chi connectivity index (χ4v) is 0. The molecule has 0 saturated heterocycles. The molecule has 3 heteroatoms. The van der Waals surface area contributed by atoms with Crippen LogP contribution in [0.3, 0.4) is 0 Å². The predicted octanol–water partition coefficient (Wildman–Crippen LogP) is 0.592. The molecule has 0 spiro atoms. The van der Waals surface area contributed by atoms with Crippen molar-refractivity contribution >= 4 is 35.5 Å². The molecule has 0 fully saturated rings. The van der Waals surface area contributed by atoms with Crippen LogP contribution in [0.1, 0.15) is 15.3 Å². The Balaban J connectivity index is -0.000000125. The number of carboxylic acid groups (broad SMARTS) is 1. The fraction of sp³-hybridized carbons (Fsp3) is 0.750. The summed E-state index contributed by atoms with van der Waals surface area (Å²) in [6, 6.07) is 0. The van der Waals surface area contributed by atoms with Crippen LogP contribution < -0.4 is 0 Å². The Morgan fingerprint density at radius 2 is 1.86 bits per heavy atom. The van der Waals surface area contributed by atoms with E-state index in [1.54, 1.807) is 13.8 Å². The van der Waals surface area contributed by atoms with Crippen LogP contribution >= 0.6 is 0 Å². The van der Waals surface area contributed by atoms with Crippen LogP contribution in [0.25, 0.3) is 0 Å². The van der Waals surface area contributed by atoms with Crippen molar-refractivity contribution in [3.05, 3.63) is 0 Å². The van der Waals surface area contributed by atoms with Gasteiger partial charge in [-0.05, 0) is 0 Å². The van der Waals surface area contributed by atoms with E-state index in [-0.39, 0.29) is 36.9 Å². The van der Waals surface area contributed by atoms with Crippen molar-refractivity contribution in [2.24, 2.45) is 5.92 Å². The Labute approximate surface area is 66.7 Å². The smallest absolute Gasteiger partial charge is 0.305 e. The molecule has 0 aliphatic heterocycles. The third-order valence-electron chi connectivity index (χ3n) is 0.494. The molecule has 2 nitrogen and oxygen atoms in total. The van der Waals surface area contributed by atoms with Crippen LogP contribution in [0, 0.1) is 5.92 Å². The van der Waals surface area contributed by atoms with Gasteiger partial charge in [0.05, 0.1) is 5.92 Å². The van der Waals surface area contributed by atoms with E-state index in [2.05, 4.69) is 0 Å². The number of rotatable bonds is 1. The number of hydrogen-bond acceptors (Lipinski definition) is 1. The van der Waals surface area contributed by atoms with E-state index >= 15 is 0 Å². The average Bonchev–Trinajstić information content (AvgIpc) is 1.36. The zero-order valence-corrected chi connectivity index (χ0v) is 6.93. The summed E-state index contributed by atoms with van der Waals surface area (Å²) < 4.78 is 0. The van der Waals surface area contributed by atoms with E-state index in [0.29, 0.717) is 0 Å². The molecule has 0 aromatic carbocycles. The van der Waals surface area contributed by atoms with Crippen LogP contribution in [0.5, 0.6) is 0 Å². The standard InChI is InChI=1S/C4H8O2.Na.H2/c1-3(2)4(5)6;;/h3H,1-2H3,(H,5,6);;1H. The normalized spacial score (nSPS) is 7.86. The molecular formula is C4H10NaO2. The summed E-state index contributed by atoms with van der Waals surface area (Å²) >= 11 is 0. The summed E-state index contributed by atoms with van der Waals surface area (Å²) in [4.78, 5) is 9.70. The minimum Gasteiger partial charge on any atom is -0.481 e. The Morgan fingerprint density at radius 1 is 1.71 bits per heavy atom. The first-order valence-electron chi connectivity index (χ1n) is 1.87. The predicted molar refractivity (Wildman–Crippen MR) is 30.3 cm³/mol. The van der Waals surface area contributed by atoms with Gasteiger partial charge in [-0.1, -0.05) is 13.8 Å². The summed E-state index contributed by atoms with van der Waals surface area (Å²) in [7, 11) is 0. The van der Waals surface area contributed by atoms with Gasteiger partial charge >= 0.3 is 5.97 Å². The minimum atomic E-state index is -0.741.